The minimum Gasteiger partial charge on any atom is -0.505 e. The van der Waals surface area contributed by atoms with Gasteiger partial charge in [-0.15, -0.1) is 0 Å². The molecule has 8 nitrogen and oxygen atoms in total. The molecular weight excluding hydrogens is 437 g/mol. The molecule has 0 spiro atoms. The van der Waals surface area contributed by atoms with Crippen LogP contribution in [0.15, 0.2) is 39.7 Å². The van der Waals surface area contributed by atoms with Crippen molar-refractivity contribution in [3.8, 4) is 5.75 Å². The molecule has 0 aliphatic rings. The summed E-state index contributed by atoms with van der Waals surface area (Å²) in [6.45, 7) is 5.05. The van der Waals surface area contributed by atoms with Crippen molar-refractivity contribution in [3.05, 3.63) is 56.5 Å². The molecule has 0 aromatic carbocycles. The van der Waals surface area contributed by atoms with Crippen molar-refractivity contribution in [1.82, 2.24) is 15.1 Å². The summed E-state index contributed by atoms with van der Waals surface area (Å²) in [7, 11) is 0. The lowest BCUT2D eigenvalue weighted by atomic mass is 10.1. The Balaban J connectivity index is 3.47. The monoisotopic (exact) mass is 457 g/mol. The predicted octanol–water partition coefficient (Wildman–Crippen LogP) is 2.25. The molecule has 0 aliphatic heterocycles. The van der Waals surface area contributed by atoms with E-state index in [-0.39, 0.29) is 23.7 Å². The van der Waals surface area contributed by atoms with Crippen molar-refractivity contribution in [3.63, 3.8) is 0 Å². The summed E-state index contributed by atoms with van der Waals surface area (Å²) in [4.78, 5) is 35.5. The van der Waals surface area contributed by atoms with E-state index in [0.717, 1.165) is 4.68 Å². The summed E-state index contributed by atoms with van der Waals surface area (Å²) >= 11 is 3.19. The van der Waals surface area contributed by atoms with Crippen LogP contribution in [0.4, 0.5) is 4.39 Å². The van der Waals surface area contributed by atoms with E-state index < -0.39 is 42.0 Å². The normalized spacial score (nSPS) is 12.2. The predicted molar refractivity (Wildman–Crippen MR) is 105 cm³/mol. The van der Waals surface area contributed by atoms with Gasteiger partial charge in [0, 0.05) is 10.4 Å². The fourth-order valence-corrected chi connectivity index (χ4v) is 2.26. The maximum atomic E-state index is 13.4. The highest BCUT2D eigenvalue weighted by Gasteiger charge is 2.24. The van der Waals surface area contributed by atoms with Gasteiger partial charge in [-0.25, -0.2) is 9.07 Å². The average Bonchev–Trinajstić information content (AvgIpc) is 2.64. The minimum atomic E-state index is -1.31. The Labute approximate surface area is 169 Å². The number of amides is 1. The summed E-state index contributed by atoms with van der Waals surface area (Å²) in [5.41, 5.74) is -1.36. The Morgan fingerprint density at radius 2 is 2.04 bits per heavy atom. The minimum absolute atomic E-state index is 0.0566. The smallest absolute Gasteiger partial charge is 0.322 e. The molecule has 1 aromatic rings. The molecule has 3 N–H and O–H groups in total. The highest BCUT2D eigenvalue weighted by atomic mass is 79.9. The third-order valence-corrected chi connectivity index (χ3v) is 4.12. The molecule has 0 aliphatic carbocycles. The van der Waals surface area contributed by atoms with Crippen molar-refractivity contribution in [2.24, 2.45) is 0 Å². The third-order valence-electron chi connectivity index (χ3n) is 3.53. The molecule has 0 unspecified atom stereocenters. The lowest BCUT2D eigenvalue weighted by molar-refractivity contribution is -0.135. The number of halogens is 2. The fraction of sp³-hybridized carbons (Fsp3) is 0.333. The van der Waals surface area contributed by atoms with Gasteiger partial charge in [-0.05, 0) is 11.6 Å². The second kappa shape index (κ2) is 10.5. The van der Waals surface area contributed by atoms with Gasteiger partial charge in [0.2, 0.25) is 0 Å². The zero-order chi connectivity index (χ0) is 21.4. The van der Waals surface area contributed by atoms with Gasteiger partial charge in [0.05, 0.1) is 6.54 Å². The van der Waals surface area contributed by atoms with Crippen molar-refractivity contribution in [2.75, 3.05) is 13.2 Å². The Hall–Kier alpha value is -2.75. The fourth-order valence-electron chi connectivity index (χ4n) is 2.12. The maximum Gasteiger partial charge on any atom is 0.322 e. The van der Waals surface area contributed by atoms with Crippen LogP contribution in [-0.2, 0) is 11.3 Å². The molecule has 0 bridgehead atoms. The van der Waals surface area contributed by atoms with Crippen LogP contribution >= 0.6 is 15.9 Å². The second-order valence-electron chi connectivity index (χ2n) is 6.02. The van der Waals surface area contributed by atoms with E-state index in [4.69, 9.17) is 5.11 Å². The number of allylic oxidation sites excluding steroid dienone is 5. The molecule has 28 heavy (non-hydrogen) atoms. The first-order valence-electron chi connectivity index (χ1n) is 8.19. The zero-order valence-electron chi connectivity index (χ0n) is 15.4. The molecule has 0 radical (unpaired) electrons. The molecule has 0 atom stereocenters. The summed E-state index contributed by atoms with van der Waals surface area (Å²) in [5.74, 6) is -3.35. The zero-order valence-corrected chi connectivity index (χ0v) is 17.0. The summed E-state index contributed by atoms with van der Waals surface area (Å²) < 4.78 is 14.8. The summed E-state index contributed by atoms with van der Waals surface area (Å²) in [6, 6.07) is 0. The number of nitrogens with one attached hydrogen (secondary N) is 1. The first-order valence-corrected chi connectivity index (χ1v) is 8.99. The number of hydrogen-bond acceptors (Lipinski definition) is 5. The van der Waals surface area contributed by atoms with Crippen molar-refractivity contribution in [1.29, 1.82) is 0 Å². The van der Waals surface area contributed by atoms with Crippen LogP contribution in [0.2, 0.25) is 0 Å². The van der Waals surface area contributed by atoms with Crippen LogP contribution in [0.5, 0.6) is 5.75 Å². The van der Waals surface area contributed by atoms with Crippen molar-refractivity contribution >= 4 is 27.8 Å². The Morgan fingerprint density at radius 3 is 2.54 bits per heavy atom. The van der Waals surface area contributed by atoms with Gasteiger partial charge >= 0.3 is 5.97 Å². The first kappa shape index (κ1) is 23.3. The molecule has 1 aromatic heterocycles. The van der Waals surface area contributed by atoms with Gasteiger partial charge in [0.1, 0.15) is 24.5 Å². The lowest BCUT2D eigenvalue weighted by Crippen LogP contribution is -2.37. The average molecular weight is 458 g/mol. The van der Waals surface area contributed by atoms with Gasteiger partial charge in [-0.3, -0.25) is 14.4 Å². The number of aliphatic carboxylic acids is 1. The van der Waals surface area contributed by atoms with Crippen LogP contribution in [0.3, 0.4) is 0 Å². The molecule has 1 rings (SSSR count). The van der Waals surface area contributed by atoms with Crippen LogP contribution in [0.1, 0.15) is 35.8 Å². The lowest BCUT2D eigenvalue weighted by Gasteiger charge is -2.15. The van der Waals surface area contributed by atoms with Crippen molar-refractivity contribution < 1.29 is 24.2 Å². The SMILES string of the molecule is C=C/C(Br)=C\C=C(/CF)Cn1nc(C(C)C)c(O)c(C(=O)NCC(=O)O)c1=O. The van der Waals surface area contributed by atoms with Crippen LogP contribution in [0.25, 0.3) is 0 Å². The summed E-state index contributed by atoms with van der Waals surface area (Å²) in [6.07, 6.45) is 4.47. The molecule has 1 heterocycles. The largest absolute Gasteiger partial charge is 0.505 e. The standard InChI is InChI=1S/C18H21BrFN3O5/c1-4-12(19)6-5-11(7-20)9-23-18(28)14(17(27)21-8-13(24)25)16(26)15(22-23)10(2)3/h4-6,10,26H,1,7-9H2,2-3H3,(H,21,27)(H,24,25)/b11-5+,12-6+. The number of nitrogens with zero attached hydrogens (tertiary/aromatic N) is 2. The van der Waals surface area contributed by atoms with E-state index >= 15 is 0 Å². The number of aromatic nitrogens is 2. The Morgan fingerprint density at radius 1 is 1.39 bits per heavy atom. The van der Waals surface area contributed by atoms with E-state index in [1.54, 1.807) is 13.8 Å². The van der Waals surface area contributed by atoms with Crippen LogP contribution in [-0.4, -0.2) is 45.1 Å². The molecule has 0 fully saturated rings. The molecule has 1 amide bonds. The van der Waals surface area contributed by atoms with E-state index in [1.807, 2.05) is 5.32 Å². The number of hydrogen-bond donors (Lipinski definition) is 3. The maximum absolute atomic E-state index is 13.4. The van der Waals surface area contributed by atoms with Gasteiger partial charge in [-0.1, -0.05) is 48.5 Å². The van der Waals surface area contributed by atoms with Gasteiger partial charge in [0.15, 0.2) is 5.75 Å². The van der Waals surface area contributed by atoms with Gasteiger partial charge < -0.3 is 15.5 Å². The topological polar surface area (TPSA) is 122 Å². The number of alkyl halides is 1. The molecule has 152 valence electrons. The number of carbonyl (C=O) groups is 2. The van der Waals surface area contributed by atoms with E-state index in [2.05, 4.69) is 27.6 Å². The number of aromatic hydroxyl groups is 1. The highest BCUT2D eigenvalue weighted by molar-refractivity contribution is 9.11. The van der Waals surface area contributed by atoms with E-state index in [1.165, 1.54) is 18.2 Å². The Bertz CT molecular complexity index is 890. The molecule has 0 saturated carbocycles. The Kier molecular flexibility index (Phi) is 8.77. The quantitative estimate of drug-likeness (QED) is 0.488. The van der Waals surface area contributed by atoms with Gasteiger partial charge in [-0.2, -0.15) is 5.10 Å². The number of rotatable bonds is 9. The second-order valence-corrected chi connectivity index (χ2v) is 6.93. The molecule has 0 saturated heterocycles. The summed E-state index contributed by atoms with van der Waals surface area (Å²) in [5, 5.41) is 25.1. The first-order chi connectivity index (χ1) is 13.1. The number of carboxylic acids is 1. The van der Waals surface area contributed by atoms with Crippen LogP contribution < -0.4 is 10.9 Å². The molecular formula is C18H21BrFN3O5. The van der Waals surface area contributed by atoms with Crippen molar-refractivity contribution in [2.45, 2.75) is 26.3 Å². The van der Waals surface area contributed by atoms with Crippen LogP contribution in [0, 0.1) is 0 Å². The van der Waals surface area contributed by atoms with E-state index in [9.17, 15) is 23.9 Å². The number of carbonyl (C=O) groups excluding carboxylic acids is 1. The van der Waals surface area contributed by atoms with E-state index in [0.29, 0.717) is 4.48 Å². The molecule has 10 heteroatoms. The highest BCUT2D eigenvalue weighted by Crippen LogP contribution is 2.24. The van der Waals surface area contributed by atoms with Gasteiger partial charge in [0.25, 0.3) is 11.5 Å². The number of carboxylic acid groups (broad SMARTS) is 1. The third kappa shape index (κ3) is 6.15.